The second-order valence-corrected chi connectivity index (χ2v) is 5.56. The lowest BCUT2D eigenvalue weighted by molar-refractivity contribution is -0.121. The van der Waals surface area contributed by atoms with Gasteiger partial charge in [-0.1, -0.05) is 0 Å². The third-order valence-corrected chi connectivity index (χ3v) is 3.98. The summed E-state index contributed by atoms with van der Waals surface area (Å²) in [5.74, 6) is 0.539. The zero-order chi connectivity index (χ0) is 17.0. The van der Waals surface area contributed by atoms with Gasteiger partial charge in [0, 0.05) is 32.3 Å². The standard InChI is InChI=1S/C16H24N4O3/c1-10-12(6-7-13(22)17-8-5-9-21)11(2)18-15-14(10)16(23-4)19-20(15)3/h21H,5-9H2,1-4H3,(H,17,22). The number of nitrogens with one attached hydrogen (secondary N) is 1. The number of amides is 1. The third kappa shape index (κ3) is 3.61. The Morgan fingerprint density at radius 1 is 1.39 bits per heavy atom. The number of aliphatic hydroxyl groups is 1. The SMILES string of the molecule is COc1nn(C)c2nc(C)c(CCC(=O)NCCCO)c(C)c12. The molecule has 0 atom stereocenters. The van der Waals surface area contributed by atoms with Crippen LogP contribution in [-0.2, 0) is 18.3 Å². The molecule has 23 heavy (non-hydrogen) atoms. The van der Waals surface area contributed by atoms with Gasteiger partial charge in [-0.25, -0.2) is 9.67 Å². The maximum atomic E-state index is 11.9. The van der Waals surface area contributed by atoms with Gasteiger partial charge >= 0.3 is 0 Å². The van der Waals surface area contributed by atoms with Crippen molar-refractivity contribution < 1.29 is 14.6 Å². The summed E-state index contributed by atoms with van der Waals surface area (Å²) in [5.41, 5.74) is 3.80. The summed E-state index contributed by atoms with van der Waals surface area (Å²) in [6.07, 6.45) is 1.58. The third-order valence-electron chi connectivity index (χ3n) is 3.98. The summed E-state index contributed by atoms with van der Waals surface area (Å²) in [5, 5.41) is 16.8. The highest BCUT2D eigenvalue weighted by Gasteiger charge is 2.18. The minimum atomic E-state index is -0.0181. The molecule has 2 aromatic heterocycles. The van der Waals surface area contributed by atoms with Crippen LogP contribution in [-0.4, -0.2) is 46.0 Å². The second-order valence-electron chi connectivity index (χ2n) is 5.56. The monoisotopic (exact) mass is 320 g/mol. The zero-order valence-corrected chi connectivity index (χ0v) is 14.1. The Balaban J connectivity index is 2.22. The average molecular weight is 320 g/mol. The normalized spacial score (nSPS) is 11.0. The quantitative estimate of drug-likeness (QED) is 0.744. The molecule has 0 aliphatic heterocycles. The van der Waals surface area contributed by atoms with Crippen molar-refractivity contribution in [1.82, 2.24) is 20.1 Å². The predicted molar refractivity (Wildman–Crippen MR) is 87.6 cm³/mol. The zero-order valence-electron chi connectivity index (χ0n) is 14.1. The van der Waals surface area contributed by atoms with Crippen molar-refractivity contribution in [1.29, 1.82) is 0 Å². The molecule has 0 radical (unpaired) electrons. The Morgan fingerprint density at radius 3 is 2.78 bits per heavy atom. The smallest absolute Gasteiger partial charge is 0.242 e. The number of rotatable bonds is 7. The minimum absolute atomic E-state index is 0.0181. The van der Waals surface area contributed by atoms with Gasteiger partial charge in [0.2, 0.25) is 11.8 Å². The number of hydrogen-bond acceptors (Lipinski definition) is 5. The summed E-state index contributed by atoms with van der Waals surface area (Å²) in [6.45, 7) is 4.55. The molecular weight excluding hydrogens is 296 g/mol. The number of aryl methyl sites for hydroxylation is 3. The molecule has 0 unspecified atom stereocenters. The van der Waals surface area contributed by atoms with Gasteiger partial charge in [0.25, 0.3) is 0 Å². The molecule has 0 fully saturated rings. The first-order valence-corrected chi connectivity index (χ1v) is 7.74. The van der Waals surface area contributed by atoms with Crippen LogP contribution in [0.2, 0.25) is 0 Å². The molecule has 0 aliphatic carbocycles. The fourth-order valence-corrected chi connectivity index (χ4v) is 2.74. The Morgan fingerprint density at radius 2 is 2.13 bits per heavy atom. The van der Waals surface area contributed by atoms with Crippen LogP contribution in [0.5, 0.6) is 5.88 Å². The lowest BCUT2D eigenvalue weighted by Crippen LogP contribution is -2.25. The van der Waals surface area contributed by atoms with E-state index in [1.165, 1.54) is 0 Å². The molecule has 2 aromatic rings. The van der Waals surface area contributed by atoms with Gasteiger partial charge in [-0.2, -0.15) is 0 Å². The molecule has 0 spiro atoms. The molecular formula is C16H24N4O3. The summed E-state index contributed by atoms with van der Waals surface area (Å²) < 4.78 is 7.05. The van der Waals surface area contributed by atoms with E-state index >= 15 is 0 Å². The van der Waals surface area contributed by atoms with Crippen molar-refractivity contribution >= 4 is 16.9 Å². The van der Waals surface area contributed by atoms with Crippen LogP contribution in [0.4, 0.5) is 0 Å². The van der Waals surface area contributed by atoms with E-state index < -0.39 is 0 Å². The molecule has 7 nitrogen and oxygen atoms in total. The molecule has 0 saturated heterocycles. The molecule has 126 valence electrons. The van der Waals surface area contributed by atoms with E-state index in [0.717, 1.165) is 27.9 Å². The van der Waals surface area contributed by atoms with Crippen molar-refractivity contribution in [3.63, 3.8) is 0 Å². The second kappa shape index (κ2) is 7.41. The van der Waals surface area contributed by atoms with Gasteiger partial charge in [0.1, 0.15) is 0 Å². The maximum Gasteiger partial charge on any atom is 0.242 e. The van der Waals surface area contributed by atoms with Crippen molar-refractivity contribution in [2.75, 3.05) is 20.3 Å². The molecule has 0 bridgehead atoms. The molecule has 7 heteroatoms. The highest BCUT2D eigenvalue weighted by molar-refractivity contribution is 5.86. The van der Waals surface area contributed by atoms with E-state index in [2.05, 4.69) is 15.4 Å². The first-order chi connectivity index (χ1) is 11.0. The highest BCUT2D eigenvalue weighted by Crippen LogP contribution is 2.30. The highest BCUT2D eigenvalue weighted by atomic mass is 16.5. The van der Waals surface area contributed by atoms with Crippen LogP contribution in [0.25, 0.3) is 11.0 Å². The fraction of sp³-hybridized carbons (Fsp3) is 0.562. The molecule has 1 amide bonds. The summed E-state index contributed by atoms with van der Waals surface area (Å²) in [7, 11) is 3.43. The number of nitrogens with zero attached hydrogens (tertiary/aromatic N) is 3. The van der Waals surface area contributed by atoms with Crippen LogP contribution < -0.4 is 10.1 Å². The Labute approximate surface area is 135 Å². The molecule has 0 saturated carbocycles. The van der Waals surface area contributed by atoms with E-state index in [9.17, 15) is 4.79 Å². The van der Waals surface area contributed by atoms with Gasteiger partial charge in [-0.15, -0.1) is 5.10 Å². The van der Waals surface area contributed by atoms with Gasteiger partial charge in [0.15, 0.2) is 5.65 Å². The van der Waals surface area contributed by atoms with Crippen molar-refractivity contribution in [3.8, 4) is 5.88 Å². The number of hydrogen-bond donors (Lipinski definition) is 2. The van der Waals surface area contributed by atoms with Crippen molar-refractivity contribution in [2.45, 2.75) is 33.1 Å². The van der Waals surface area contributed by atoms with Gasteiger partial charge in [-0.05, 0) is 37.8 Å². The number of ether oxygens (including phenoxy) is 1. The molecule has 0 aromatic carbocycles. The Bertz CT molecular complexity index is 709. The number of methoxy groups -OCH3 is 1. The Kier molecular flexibility index (Phi) is 5.54. The molecule has 0 aliphatic rings. The van der Waals surface area contributed by atoms with Crippen molar-refractivity contribution in [3.05, 3.63) is 16.8 Å². The fourth-order valence-electron chi connectivity index (χ4n) is 2.74. The van der Waals surface area contributed by atoms with Crippen LogP contribution in [0, 0.1) is 13.8 Å². The number of carbonyl (C=O) groups excluding carboxylic acids is 1. The summed E-state index contributed by atoms with van der Waals surface area (Å²) in [4.78, 5) is 16.5. The molecule has 2 heterocycles. The van der Waals surface area contributed by atoms with Gasteiger partial charge in [0.05, 0.1) is 12.5 Å². The molecule has 2 N–H and O–H groups in total. The first-order valence-electron chi connectivity index (χ1n) is 7.74. The summed E-state index contributed by atoms with van der Waals surface area (Å²) in [6, 6.07) is 0. The summed E-state index contributed by atoms with van der Waals surface area (Å²) >= 11 is 0. The lowest BCUT2D eigenvalue weighted by atomic mass is 10.00. The number of fused-ring (bicyclic) bond motifs is 1. The van der Waals surface area contributed by atoms with Crippen molar-refractivity contribution in [2.24, 2.45) is 7.05 Å². The predicted octanol–water partition coefficient (Wildman–Crippen LogP) is 1.02. The first kappa shape index (κ1) is 17.2. The lowest BCUT2D eigenvalue weighted by Gasteiger charge is -2.11. The number of pyridine rings is 1. The van der Waals surface area contributed by atoms with Crippen LogP contribution in [0.3, 0.4) is 0 Å². The van der Waals surface area contributed by atoms with Crippen LogP contribution in [0.1, 0.15) is 29.7 Å². The number of aromatic nitrogens is 3. The van der Waals surface area contributed by atoms with Crippen LogP contribution in [0.15, 0.2) is 0 Å². The molecule has 2 rings (SSSR count). The van der Waals surface area contributed by atoms with E-state index in [-0.39, 0.29) is 12.5 Å². The van der Waals surface area contributed by atoms with E-state index in [1.54, 1.807) is 11.8 Å². The maximum absolute atomic E-state index is 11.9. The minimum Gasteiger partial charge on any atom is -0.479 e. The average Bonchev–Trinajstić information content (AvgIpc) is 2.83. The number of carbonyl (C=O) groups is 1. The van der Waals surface area contributed by atoms with Crippen LogP contribution >= 0.6 is 0 Å². The van der Waals surface area contributed by atoms with E-state index in [0.29, 0.717) is 31.7 Å². The van der Waals surface area contributed by atoms with Gasteiger partial charge < -0.3 is 15.2 Å². The van der Waals surface area contributed by atoms with E-state index in [4.69, 9.17) is 9.84 Å². The topological polar surface area (TPSA) is 89.3 Å². The Hall–Kier alpha value is -2.15. The van der Waals surface area contributed by atoms with Gasteiger partial charge in [-0.3, -0.25) is 4.79 Å². The number of aliphatic hydroxyl groups excluding tert-OH is 1. The largest absolute Gasteiger partial charge is 0.479 e. The van der Waals surface area contributed by atoms with E-state index in [1.807, 2.05) is 20.9 Å².